The van der Waals surface area contributed by atoms with Crippen molar-refractivity contribution in [2.45, 2.75) is 59.0 Å². The number of nitrogens with zero attached hydrogens (tertiary/aromatic N) is 4. The van der Waals surface area contributed by atoms with Crippen molar-refractivity contribution < 1.29 is 4.79 Å². The fourth-order valence-electron chi connectivity index (χ4n) is 4.59. The van der Waals surface area contributed by atoms with E-state index in [1.54, 1.807) is 23.1 Å². The molecule has 1 aliphatic rings. The van der Waals surface area contributed by atoms with E-state index in [0.29, 0.717) is 29.9 Å². The van der Waals surface area contributed by atoms with E-state index in [9.17, 15) is 9.59 Å². The largest absolute Gasteiger partial charge is 0.356 e. The predicted octanol–water partition coefficient (Wildman–Crippen LogP) is 4.05. The fourth-order valence-corrected chi connectivity index (χ4v) is 4.72. The van der Waals surface area contributed by atoms with Gasteiger partial charge in [-0.2, -0.15) is 5.10 Å². The lowest BCUT2D eigenvalue weighted by Gasteiger charge is -2.25. The molecule has 7 nitrogen and oxygen atoms in total. The highest BCUT2D eigenvalue weighted by Gasteiger charge is 2.26. The first-order valence-electron chi connectivity index (χ1n) is 12.3. The van der Waals surface area contributed by atoms with Gasteiger partial charge in [-0.25, -0.2) is 4.68 Å². The van der Waals surface area contributed by atoms with Crippen LogP contribution in [-0.2, 0) is 17.8 Å². The van der Waals surface area contributed by atoms with E-state index in [1.807, 2.05) is 45.0 Å². The normalized spacial score (nSPS) is 16.6. The summed E-state index contributed by atoms with van der Waals surface area (Å²) in [5.41, 5.74) is 1.46. The molecule has 1 aromatic carbocycles. The summed E-state index contributed by atoms with van der Waals surface area (Å²) >= 11 is 6.05. The van der Waals surface area contributed by atoms with Crippen molar-refractivity contribution in [3.63, 3.8) is 0 Å². The molecule has 1 fully saturated rings. The standard InChI is InChI=1S/C27H34ClN5O2/c1-27(2,3)26(35)30-12-5-15-32-14-4-6-21(32)18-33-25(34)22-11-13-29-17-23(22)24(31-33)16-19-7-9-20(28)10-8-19/h7-11,13,17,21H,4-6,12,14-16,18H2,1-3H3,(H,30,35)/t21-/m1/s1. The van der Waals surface area contributed by atoms with Crippen LogP contribution in [0.4, 0.5) is 0 Å². The number of fused-ring (bicyclic) bond motifs is 1. The molecule has 35 heavy (non-hydrogen) atoms. The molecule has 1 aliphatic heterocycles. The molecular formula is C27H34ClN5O2. The van der Waals surface area contributed by atoms with E-state index in [1.165, 1.54) is 0 Å². The van der Waals surface area contributed by atoms with Crippen LogP contribution in [0.1, 0.15) is 51.3 Å². The van der Waals surface area contributed by atoms with Gasteiger partial charge in [0, 0.05) is 53.8 Å². The molecule has 186 valence electrons. The lowest BCUT2D eigenvalue weighted by Crippen LogP contribution is -2.40. The zero-order valence-corrected chi connectivity index (χ0v) is 21.5. The lowest BCUT2D eigenvalue weighted by atomic mass is 9.96. The number of hydrogen-bond acceptors (Lipinski definition) is 5. The third kappa shape index (κ3) is 6.27. The van der Waals surface area contributed by atoms with E-state index in [0.717, 1.165) is 49.0 Å². The Morgan fingerprint density at radius 1 is 1.17 bits per heavy atom. The molecule has 0 spiro atoms. The number of nitrogens with one attached hydrogen (secondary N) is 1. The number of benzene rings is 1. The van der Waals surface area contributed by atoms with E-state index >= 15 is 0 Å². The minimum Gasteiger partial charge on any atom is -0.356 e. The van der Waals surface area contributed by atoms with Crippen molar-refractivity contribution in [1.82, 2.24) is 25.0 Å². The van der Waals surface area contributed by atoms with Crippen molar-refractivity contribution in [2.24, 2.45) is 5.41 Å². The summed E-state index contributed by atoms with van der Waals surface area (Å²) in [6, 6.07) is 9.74. The van der Waals surface area contributed by atoms with Gasteiger partial charge < -0.3 is 5.32 Å². The van der Waals surface area contributed by atoms with E-state index in [4.69, 9.17) is 16.7 Å². The van der Waals surface area contributed by atoms with Crippen LogP contribution < -0.4 is 10.9 Å². The summed E-state index contributed by atoms with van der Waals surface area (Å²) in [6.07, 6.45) is 7.00. The minimum absolute atomic E-state index is 0.0742. The van der Waals surface area contributed by atoms with Crippen molar-refractivity contribution in [1.29, 1.82) is 0 Å². The van der Waals surface area contributed by atoms with Crippen LogP contribution in [-0.4, -0.2) is 51.2 Å². The Kier molecular flexibility index (Phi) is 7.87. The molecule has 1 N–H and O–H groups in total. The first kappa shape index (κ1) is 25.3. The van der Waals surface area contributed by atoms with Crippen molar-refractivity contribution in [2.75, 3.05) is 19.6 Å². The summed E-state index contributed by atoms with van der Waals surface area (Å²) in [5.74, 6) is 0.0742. The van der Waals surface area contributed by atoms with Crippen LogP contribution >= 0.6 is 11.6 Å². The molecule has 3 aromatic rings. The number of aromatic nitrogens is 3. The average molecular weight is 496 g/mol. The fraction of sp³-hybridized carbons (Fsp3) is 0.481. The van der Waals surface area contributed by atoms with Gasteiger partial charge in [-0.05, 0) is 49.6 Å². The second kappa shape index (κ2) is 10.9. The van der Waals surface area contributed by atoms with E-state index in [-0.39, 0.29) is 22.9 Å². The Morgan fingerprint density at radius 3 is 2.69 bits per heavy atom. The van der Waals surface area contributed by atoms with Gasteiger partial charge in [0.25, 0.3) is 5.56 Å². The maximum absolute atomic E-state index is 13.3. The Morgan fingerprint density at radius 2 is 1.94 bits per heavy atom. The molecule has 3 heterocycles. The molecule has 1 atom stereocenters. The second-order valence-electron chi connectivity index (χ2n) is 10.3. The van der Waals surface area contributed by atoms with Crippen molar-refractivity contribution in [3.05, 3.63) is 69.4 Å². The first-order valence-corrected chi connectivity index (χ1v) is 12.7. The summed E-state index contributed by atoms with van der Waals surface area (Å²) in [5, 5.41) is 9.97. The maximum atomic E-state index is 13.3. The van der Waals surface area contributed by atoms with Crippen LogP contribution in [0.3, 0.4) is 0 Å². The highest BCUT2D eigenvalue weighted by atomic mass is 35.5. The Hall–Kier alpha value is -2.77. The molecule has 8 heteroatoms. The van der Waals surface area contributed by atoms with Crippen LogP contribution in [0.25, 0.3) is 10.8 Å². The van der Waals surface area contributed by atoms with Gasteiger partial charge in [0.05, 0.1) is 17.6 Å². The van der Waals surface area contributed by atoms with E-state index < -0.39 is 0 Å². The average Bonchev–Trinajstić information content (AvgIpc) is 3.27. The van der Waals surface area contributed by atoms with Crippen LogP contribution in [0.2, 0.25) is 5.02 Å². The number of hydrogen-bond donors (Lipinski definition) is 1. The molecule has 2 aromatic heterocycles. The Labute approximate surface area is 211 Å². The summed E-state index contributed by atoms with van der Waals surface area (Å²) < 4.78 is 1.64. The van der Waals surface area contributed by atoms with Gasteiger partial charge in [-0.3, -0.25) is 19.5 Å². The molecule has 0 radical (unpaired) electrons. The number of likely N-dealkylation sites (tertiary alicyclic amines) is 1. The Bertz CT molecular complexity index is 1230. The highest BCUT2D eigenvalue weighted by Crippen LogP contribution is 2.21. The van der Waals surface area contributed by atoms with Crippen LogP contribution in [0, 0.1) is 5.41 Å². The molecule has 1 saturated heterocycles. The molecule has 1 amide bonds. The second-order valence-corrected chi connectivity index (χ2v) is 10.8. The number of carbonyl (C=O) groups is 1. The van der Waals surface area contributed by atoms with Crippen LogP contribution in [0.15, 0.2) is 47.5 Å². The zero-order chi connectivity index (χ0) is 25.0. The SMILES string of the molecule is CC(C)(C)C(=O)NCCCN1CCC[C@@H]1Cn1nc(Cc2ccc(Cl)cc2)c2cnccc2c1=O. The van der Waals surface area contributed by atoms with Crippen LogP contribution in [0.5, 0.6) is 0 Å². The number of pyridine rings is 1. The smallest absolute Gasteiger partial charge is 0.274 e. The summed E-state index contributed by atoms with van der Waals surface area (Å²) in [6.45, 7) is 8.87. The highest BCUT2D eigenvalue weighted by molar-refractivity contribution is 6.30. The molecule has 0 unspecified atom stereocenters. The monoisotopic (exact) mass is 495 g/mol. The quantitative estimate of drug-likeness (QED) is 0.477. The topological polar surface area (TPSA) is 80.1 Å². The lowest BCUT2D eigenvalue weighted by molar-refractivity contribution is -0.128. The van der Waals surface area contributed by atoms with Crippen molar-refractivity contribution >= 4 is 28.3 Å². The van der Waals surface area contributed by atoms with Gasteiger partial charge in [0.15, 0.2) is 0 Å². The molecular weight excluding hydrogens is 462 g/mol. The zero-order valence-electron chi connectivity index (χ0n) is 20.8. The van der Waals surface area contributed by atoms with Gasteiger partial charge in [0.1, 0.15) is 0 Å². The summed E-state index contributed by atoms with van der Waals surface area (Å²) in [7, 11) is 0. The predicted molar refractivity (Wildman–Crippen MR) is 140 cm³/mol. The minimum atomic E-state index is -0.377. The first-order chi connectivity index (χ1) is 16.7. The van der Waals surface area contributed by atoms with Gasteiger partial charge in [-0.1, -0.05) is 44.5 Å². The maximum Gasteiger partial charge on any atom is 0.274 e. The summed E-state index contributed by atoms with van der Waals surface area (Å²) in [4.78, 5) is 32.1. The number of rotatable bonds is 8. The number of amides is 1. The van der Waals surface area contributed by atoms with Gasteiger partial charge in [-0.15, -0.1) is 0 Å². The van der Waals surface area contributed by atoms with E-state index in [2.05, 4.69) is 15.2 Å². The molecule has 0 saturated carbocycles. The number of halogens is 1. The van der Waals surface area contributed by atoms with Gasteiger partial charge >= 0.3 is 0 Å². The third-order valence-electron chi connectivity index (χ3n) is 6.59. The molecule has 4 rings (SSSR count). The van der Waals surface area contributed by atoms with Crippen molar-refractivity contribution in [3.8, 4) is 0 Å². The van der Waals surface area contributed by atoms with Gasteiger partial charge in [0.2, 0.25) is 5.91 Å². The molecule has 0 bridgehead atoms. The molecule has 0 aliphatic carbocycles. The number of carbonyl (C=O) groups excluding carboxylic acids is 1. The third-order valence-corrected chi connectivity index (χ3v) is 6.85. The Balaban J connectivity index is 1.49.